The molecular weight excluding hydrogens is 214 g/mol. The molecule has 1 N–H and O–H groups in total. The number of imidazole rings is 1. The highest BCUT2D eigenvalue weighted by Gasteiger charge is 2.03. The molecule has 5 heteroatoms. The zero-order valence-corrected chi connectivity index (χ0v) is 8.32. The van der Waals surface area contributed by atoms with Gasteiger partial charge in [-0.2, -0.15) is 5.26 Å². The third-order valence-corrected chi connectivity index (χ3v) is 2.31. The van der Waals surface area contributed by atoms with Gasteiger partial charge in [0.05, 0.1) is 16.3 Å². The quantitative estimate of drug-likeness (QED) is 0.794. The molecule has 0 aliphatic heterocycles. The highest BCUT2D eigenvalue weighted by molar-refractivity contribution is 6.31. The smallest absolute Gasteiger partial charge is 0.312 e. The zero-order chi connectivity index (χ0) is 10.8. The second-order valence-electron chi connectivity index (χ2n) is 2.91. The van der Waals surface area contributed by atoms with E-state index in [-0.39, 0.29) is 5.69 Å². The Morgan fingerprint density at radius 1 is 1.47 bits per heavy atom. The number of hydrogen-bond acceptors (Lipinski definition) is 2. The number of rotatable bonds is 1. The lowest BCUT2D eigenvalue weighted by molar-refractivity contribution is 0.987. The summed E-state index contributed by atoms with van der Waals surface area (Å²) >= 11 is 5.85. The topological polar surface area (TPSA) is 61.6 Å². The summed E-state index contributed by atoms with van der Waals surface area (Å²) in [6.07, 6.45) is 3.13. The van der Waals surface area contributed by atoms with Gasteiger partial charge in [-0.05, 0) is 18.2 Å². The zero-order valence-electron chi connectivity index (χ0n) is 7.57. The SMILES string of the molecule is N#Cc1ccc(-n2cc[nH]c2=O)cc1Cl. The summed E-state index contributed by atoms with van der Waals surface area (Å²) in [6, 6.07) is 6.78. The molecule has 0 radical (unpaired) electrons. The molecule has 0 bridgehead atoms. The van der Waals surface area contributed by atoms with Gasteiger partial charge in [0, 0.05) is 12.4 Å². The molecule has 74 valence electrons. The minimum atomic E-state index is -0.240. The van der Waals surface area contributed by atoms with Crippen LogP contribution < -0.4 is 5.69 Å². The average molecular weight is 220 g/mol. The Hall–Kier alpha value is -1.99. The van der Waals surface area contributed by atoms with Crippen LogP contribution in [0.4, 0.5) is 0 Å². The van der Waals surface area contributed by atoms with E-state index in [4.69, 9.17) is 16.9 Å². The predicted molar refractivity (Wildman–Crippen MR) is 56.1 cm³/mol. The Morgan fingerprint density at radius 3 is 2.80 bits per heavy atom. The predicted octanol–water partition coefficient (Wildman–Crippen LogP) is 1.69. The van der Waals surface area contributed by atoms with Gasteiger partial charge in [0.15, 0.2) is 0 Å². The van der Waals surface area contributed by atoms with Gasteiger partial charge in [0.2, 0.25) is 0 Å². The molecule has 1 heterocycles. The monoisotopic (exact) mass is 219 g/mol. The van der Waals surface area contributed by atoms with Crippen molar-refractivity contribution in [3.63, 3.8) is 0 Å². The summed E-state index contributed by atoms with van der Waals surface area (Å²) in [5.41, 5.74) is 0.782. The van der Waals surface area contributed by atoms with Crippen molar-refractivity contribution in [3.8, 4) is 11.8 Å². The lowest BCUT2D eigenvalue weighted by Crippen LogP contribution is -2.13. The summed E-state index contributed by atoms with van der Waals surface area (Å²) in [6.45, 7) is 0. The molecule has 2 aromatic rings. The summed E-state index contributed by atoms with van der Waals surface area (Å²) in [5, 5.41) is 9.02. The van der Waals surface area contributed by atoms with Crippen molar-refractivity contribution in [2.45, 2.75) is 0 Å². The summed E-state index contributed by atoms with van der Waals surface area (Å²) < 4.78 is 1.41. The first kappa shape index (κ1) is 9.56. The number of nitrogens with zero attached hydrogens (tertiary/aromatic N) is 2. The fourth-order valence-corrected chi connectivity index (χ4v) is 1.49. The second kappa shape index (κ2) is 3.64. The van der Waals surface area contributed by atoms with Crippen molar-refractivity contribution in [1.29, 1.82) is 5.26 Å². The number of hydrogen-bond donors (Lipinski definition) is 1. The second-order valence-corrected chi connectivity index (χ2v) is 3.32. The van der Waals surface area contributed by atoms with Crippen LogP contribution in [0.1, 0.15) is 5.56 Å². The molecular formula is C10H6ClN3O. The van der Waals surface area contributed by atoms with Crippen LogP contribution in [0.2, 0.25) is 5.02 Å². The number of halogens is 1. The third-order valence-electron chi connectivity index (χ3n) is 2.00. The molecule has 15 heavy (non-hydrogen) atoms. The number of benzene rings is 1. The van der Waals surface area contributed by atoms with E-state index in [9.17, 15) is 4.79 Å². The van der Waals surface area contributed by atoms with Crippen molar-refractivity contribution < 1.29 is 0 Å². The number of aromatic nitrogens is 2. The lowest BCUT2D eigenvalue weighted by Gasteiger charge is -2.01. The first-order chi connectivity index (χ1) is 7.22. The summed E-state index contributed by atoms with van der Waals surface area (Å²) in [7, 11) is 0. The Morgan fingerprint density at radius 2 is 2.27 bits per heavy atom. The summed E-state index contributed by atoms with van der Waals surface area (Å²) in [4.78, 5) is 13.8. The fraction of sp³-hybridized carbons (Fsp3) is 0. The maximum Gasteiger partial charge on any atom is 0.330 e. The van der Waals surface area contributed by atoms with E-state index in [1.54, 1.807) is 24.4 Å². The normalized spacial score (nSPS) is 9.87. The van der Waals surface area contributed by atoms with Gasteiger partial charge in [-0.3, -0.25) is 4.57 Å². The van der Waals surface area contributed by atoms with E-state index in [0.717, 1.165) is 0 Å². The maximum atomic E-state index is 11.3. The van der Waals surface area contributed by atoms with Crippen molar-refractivity contribution in [1.82, 2.24) is 9.55 Å². The fourth-order valence-electron chi connectivity index (χ4n) is 1.27. The molecule has 4 nitrogen and oxygen atoms in total. The molecule has 0 unspecified atom stereocenters. The van der Waals surface area contributed by atoms with E-state index in [1.807, 2.05) is 6.07 Å². The first-order valence-corrected chi connectivity index (χ1v) is 4.56. The number of H-pyrrole nitrogens is 1. The Labute approximate surface area is 90.3 Å². The Kier molecular flexibility index (Phi) is 2.32. The van der Waals surface area contributed by atoms with E-state index >= 15 is 0 Å². The van der Waals surface area contributed by atoms with Gasteiger partial charge < -0.3 is 4.98 Å². The minimum Gasteiger partial charge on any atom is -0.312 e. The molecule has 0 atom stereocenters. The Balaban J connectivity index is 2.58. The van der Waals surface area contributed by atoms with Gasteiger partial charge >= 0.3 is 5.69 Å². The Bertz CT molecular complexity index is 591. The largest absolute Gasteiger partial charge is 0.330 e. The van der Waals surface area contributed by atoms with E-state index in [0.29, 0.717) is 16.3 Å². The molecule has 0 saturated carbocycles. The van der Waals surface area contributed by atoms with Gasteiger partial charge in [-0.25, -0.2) is 4.79 Å². The standard InChI is InChI=1S/C10H6ClN3O/c11-9-5-8(2-1-7(9)6-12)14-4-3-13-10(14)15/h1-5H,(H,13,15). The highest BCUT2D eigenvalue weighted by Crippen LogP contribution is 2.18. The highest BCUT2D eigenvalue weighted by atomic mass is 35.5. The van der Waals surface area contributed by atoms with Gasteiger partial charge in [-0.15, -0.1) is 0 Å². The number of nitrogens with one attached hydrogen (secondary N) is 1. The van der Waals surface area contributed by atoms with Crippen molar-refractivity contribution >= 4 is 11.6 Å². The number of aromatic amines is 1. The third kappa shape index (κ3) is 1.65. The van der Waals surface area contributed by atoms with Crippen LogP contribution in [-0.2, 0) is 0 Å². The molecule has 0 spiro atoms. The van der Waals surface area contributed by atoms with Crippen LogP contribution in [0.3, 0.4) is 0 Å². The average Bonchev–Trinajstić information content (AvgIpc) is 2.64. The lowest BCUT2D eigenvalue weighted by atomic mass is 10.2. The molecule has 0 aliphatic rings. The van der Waals surface area contributed by atoms with Crippen LogP contribution in [0.15, 0.2) is 35.4 Å². The van der Waals surface area contributed by atoms with E-state index in [2.05, 4.69) is 4.98 Å². The molecule has 2 rings (SSSR count). The number of nitriles is 1. The molecule has 0 aliphatic carbocycles. The van der Waals surface area contributed by atoms with Crippen molar-refractivity contribution in [3.05, 3.63) is 51.7 Å². The van der Waals surface area contributed by atoms with Crippen LogP contribution in [-0.4, -0.2) is 9.55 Å². The van der Waals surface area contributed by atoms with Crippen molar-refractivity contribution in [2.24, 2.45) is 0 Å². The molecule has 0 saturated heterocycles. The molecule has 0 amide bonds. The molecule has 1 aromatic carbocycles. The van der Waals surface area contributed by atoms with Gasteiger partial charge in [0.25, 0.3) is 0 Å². The van der Waals surface area contributed by atoms with Gasteiger partial charge in [0.1, 0.15) is 6.07 Å². The molecule has 1 aromatic heterocycles. The van der Waals surface area contributed by atoms with Crippen LogP contribution in [0.25, 0.3) is 5.69 Å². The summed E-state index contributed by atoms with van der Waals surface area (Å²) in [5.74, 6) is 0. The van der Waals surface area contributed by atoms with Crippen molar-refractivity contribution in [2.75, 3.05) is 0 Å². The van der Waals surface area contributed by atoms with Crippen LogP contribution >= 0.6 is 11.6 Å². The van der Waals surface area contributed by atoms with Crippen LogP contribution in [0.5, 0.6) is 0 Å². The minimum absolute atomic E-state index is 0.240. The van der Waals surface area contributed by atoms with E-state index < -0.39 is 0 Å². The van der Waals surface area contributed by atoms with E-state index in [1.165, 1.54) is 10.8 Å². The molecule has 0 fully saturated rings. The maximum absolute atomic E-state index is 11.3. The first-order valence-electron chi connectivity index (χ1n) is 4.18. The van der Waals surface area contributed by atoms with Crippen LogP contribution in [0, 0.1) is 11.3 Å². The van der Waals surface area contributed by atoms with Gasteiger partial charge in [-0.1, -0.05) is 11.6 Å².